The molecule has 0 amide bonds. The van der Waals surface area contributed by atoms with Crippen LogP contribution >= 0.6 is 11.3 Å². The lowest BCUT2D eigenvalue weighted by molar-refractivity contribution is -0.147. The molecule has 0 aliphatic heterocycles. The van der Waals surface area contributed by atoms with Crippen LogP contribution in [0.1, 0.15) is 37.5 Å². The molecule has 0 saturated heterocycles. The molecule has 0 aromatic carbocycles. The number of carbonyl (C=O) groups excluding carboxylic acids is 1. The lowest BCUT2D eigenvalue weighted by atomic mass is 10.3. The maximum absolute atomic E-state index is 11.3. The molecule has 112 valence electrons. The van der Waals surface area contributed by atoms with Crippen molar-refractivity contribution < 1.29 is 14.6 Å². The molecule has 1 aliphatic carbocycles. The highest BCUT2D eigenvalue weighted by Crippen LogP contribution is 2.29. The molecule has 1 saturated carbocycles. The van der Waals surface area contributed by atoms with E-state index in [1.807, 2.05) is 13.0 Å². The van der Waals surface area contributed by atoms with E-state index in [1.165, 1.54) is 17.7 Å². The average molecular weight is 297 g/mol. The summed E-state index contributed by atoms with van der Waals surface area (Å²) in [6.07, 6.45) is 3.01. The van der Waals surface area contributed by atoms with Crippen molar-refractivity contribution in [2.24, 2.45) is 0 Å². The monoisotopic (exact) mass is 297 g/mol. The van der Waals surface area contributed by atoms with E-state index in [0.29, 0.717) is 19.0 Å². The summed E-state index contributed by atoms with van der Waals surface area (Å²) in [6.45, 7) is 3.49. The molecule has 5 heteroatoms. The van der Waals surface area contributed by atoms with Crippen LogP contribution in [0, 0.1) is 0 Å². The summed E-state index contributed by atoms with van der Waals surface area (Å²) >= 11 is 1.74. The highest BCUT2D eigenvalue weighted by molar-refractivity contribution is 7.09. The molecule has 1 fully saturated rings. The molecule has 0 radical (unpaired) electrons. The van der Waals surface area contributed by atoms with Crippen molar-refractivity contribution in [1.82, 2.24) is 4.90 Å². The lowest BCUT2D eigenvalue weighted by Gasteiger charge is -2.24. The quantitative estimate of drug-likeness (QED) is 0.711. The van der Waals surface area contributed by atoms with E-state index in [1.54, 1.807) is 11.3 Å². The van der Waals surface area contributed by atoms with Gasteiger partial charge in [-0.1, -0.05) is 13.0 Å². The maximum atomic E-state index is 11.3. The van der Waals surface area contributed by atoms with Gasteiger partial charge in [-0.25, -0.2) is 0 Å². The third-order valence-electron chi connectivity index (χ3n) is 3.34. The van der Waals surface area contributed by atoms with E-state index in [4.69, 9.17) is 4.74 Å². The van der Waals surface area contributed by atoms with Crippen molar-refractivity contribution in [2.45, 2.75) is 51.3 Å². The summed E-state index contributed by atoms with van der Waals surface area (Å²) in [6, 6.07) is 4.75. The van der Waals surface area contributed by atoms with Gasteiger partial charge in [-0.15, -0.1) is 11.3 Å². The molecule has 1 heterocycles. The number of carbonyl (C=O) groups is 1. The van der Waals surface area contributed by atoms with Gasteiger partial charge >= 0.3 is 5.97 Å². The zero-order valence-corrected chi connectivity index (χ0v) is 12.8. The predicted octanol–water partition coefficient (Wildman–Crippen LogP) is 2.42. The van der Waals surface area contributed by atoms with Gasteiger partial charge in [-0.2, -0.15) is 0 Å². The SMILES string of the molecule is CCCC(=O)OC[C@H](O)CN(Cc1cccs1)C1CC1. The number of hydrogen-bond acceptors (Lipinski definition) is 5. The third kappa shape index (κ3) is 5.23. The van der Waals surface area contributed by atoms with Crippen LogP contribution < -0.4 is 0 Å². The minimum absolute atomic E-state index is 0.104. The van der Waals surface area contributed by atoms with Crippen molar-refractivity contribution in [3.63, 3.8) is 0 Å². The Balaban J connectivity index is 1.74. The molecule has 0 bridgehead atoms. The molecule has 0 spiro atoms. The Morgan fingerprint density at radius 2 is 2.40 bits per heavy atom. The van der Waals surface area contributed by atoms with Crippen LogP contribution in [0.2, 0.25) is 0 Å². The Bertz CT molecular complexity index is 403. The second kappa shape index (κ2) is 7.76. The van der Waals surface area contributed by atoms with Crippen molar-refractivity contribution in [1.29, 1.82) is 0 Å². The summed E-state index contributed by atoms with van der Waals surface area (Å²) in [7, 11) is 0. The van der Waals surface area contributed by atoms with Crippen molar-refractivity contribution in [3.05, 3.63) is 22.4 Å². The van der Waals surface area contributed by atoms with E-state index in [2.05, 4.69) is 16.3 Å². The number of esters is 1. The first-order chi connectivity index (χ1) is 9.69. The van der Waals surface area contributed by atoms with Gasteiger partial charge in [-0.05, 0) is 30.7 Å². The normalized spacial score (nSPS) is 16.4. The Labute approximate surface area is 124 Å². The highest BCUT2D eigenvalue weighted by atomic mass is 32.1. The van der Waals surface area contributed by atoms with Crippen molar-refractivity contribution >= 4 is 17.3 Å². The highest BCUT2D eigenvalue weighted by Gasteiger charge is 2.30. The molecule has 2 rings (SSSR count). The average Bonchev–Trinajstić information content (AvgIpc) is 3.15. The van der Waals surface area contributed by atoms with Crippen LogP contribution in [0.15, 0.2) is 17.5 Å². The number of nitrogens with zero attached hydrogens (tertiary/aromatic N) is 1. The Hall–Kier alpha value is -0.910. The molecule has 20 heavy (non-hydrogen) atoms. The first-order valence-electron chi connectivity index (χ1n) is 7.29. The fourth-order valence-corrected chi connectivity index (χ4v) is 2.90. The largest absolute Gasteiger partial charge is 0.463 e. The number of ether oxygens (including phenoxy) is 1. The minimum Gasteiger partial charge on any atom is -0.463 e. The topological polar surface area (TPSA) is 49.8 Å². The number of aliphatic hydroxyl groups is 1. The smallest absolute Gasteiger partial charge is 0.305 e. The third-order valence-corrected chi connectivity index (χ3v) is 4.20. The predicted molar refractivity (Wildman–Crippen MR) is 79.6 cm³/mol. The first-order valence-corrected chi connectivity index (χ1v) is 8.17. The minimum atomic E-state index is -0.601. The van der Waals surface area contributed by atoms with Crippen molar-refractivity contribution in [2.75, 3.05) is 13.2 Å². The second-order valence-corrected chi connectivity index (χ2v) is 6.36. The number of hydrogen-bond donors (Lipinski definition) is 1. The van der Waals surface area contributed by atoms with Gasteiger partial charge in [-0.3, -0.25) is 9.69 Å². The van der Waals surface area contributed by atoms with Crippen LogP contribution in [0.3, 0.4) is 0 Å². The number of aliphatic hydroxyl groups excluding tert-OH is 1. The van der Waals surface area contributed by atoms with Crippen LogP contribution in [0.25, 0.3) is 0 Å². The molecule has 0 unspecified atom stereocenters. The van der Waals surface area contributed by atoms with E-state index in [-0.39, 0.29) is 12.6 Å². The van der Waals surface area contributed by atoms with Gasteiger partial charge in [0.2, 0.25) is 0 Å². The molecule has 1 atom stereocenters. The Morgan fingerprint density at radius 1 is 1.60 bits per heavy atom. The zero-order chi connectivity index (χ0) is 14.4. The molecule has 1 aromatic rings. The summed E-state index contributed by atoms with van der Waals surface area (Å²) in [5.74, 6) is -0.220. The maximum Gasteiger partial charge on any atom is 0.305 e. The first kappa shape index (κ1) is 15.5. The molecular formula is C15H23NO3S. The molecule has 1 N–H and O–H groups in total. The standard InChI is InChI=1S/C15H23NO3S/c1-2-4-15(18)19-11-13(17)9-16(12-6-7-12)10-14-5-3-8-20-14/h3,5,8,12-13,17H,2,4,6-7,9-11H2,1H3/t13-/m1/s1. The van der Waals surface area contributed by atoms with Gasteiger partial charge in [0, 0.05) is 30.4 Å². The fourth-order valence-electron chi connectivity index (χ4n) is 2.17. The van der Waals surface area contributed by atoms with Gasteiger partial charge < -0.3 is 9.84 Å². The van der Waals surface area contributed by atoms with E-state index < -0.39 is 6.10 Å². The summed E-state index contributed by atoms with van der Waals surface area (Å²) in [5, 5.41) is 12.1. The van der Waals surface area contributed by atoms with Crippen molar-refractivity contribution in [3.8, 4) is 0 Å². The van der Waals surface area contributed by atoms with Crippen LogP contribution in [-0.2, 0) is 16.1 Å². The number of rotatable bonds is 9. The molecule has 1 aliphatic rings. The van der Waals surface area contributed by atoms with Crippen LogP contribution in [0.5, 0.6) is 0 Å². The van der Waals surface area contributed by atoms with Crippen LogP contribution in [-0.4, -0.2) is 41.3 Å². The van der Waals surface area contributed by atoms with Gasteiger partial charge in [0.1, 0.15) is 12.7 Å². The Kier molecular flexibility index (Phi) is 6.01. The van der Waals surface area contributed by atoms with E-state index in [9.17, 15) is 9.90 Å². The van der Waals surface area contributed by atoms with E-state index >= 15 is 0 Å². The summed E-state index contributed by atoms with van der Waals surface area (Å²) in [5.41, 5.74) is 0. The molecule has 4 nitrogen and oxygen atoms in total. The molecular weight excluding hydrogens is 274 g/mol. The number of thiophene rings is 1. The van der Waals surface area contributed by atoms with Gasteiger partial charge in [0.25, 0.3) is 0 Å². The lowest BCUT2D eigenvalue weighted by Crippen LogP contribution is -2.36. The summed E-state index contributed by atoms with van der Waals surface area (Å²) in [4.78, 5) is 14.9. The molecule has 1 aromatic heterocycles. The zero-order valence-electron chi connectivity index (χ0n) is 12.0. The van der Waals surface area contributed by atoms with Gasteiger partial charge in [0.05, 0.1) is 0 Å². The summed E-state index contributed by atoms with van der Waals surface area (Å²) < 4.78 is 5.07. The Morgan fingerprint density at radius 3 is 3.00 bits per heavy atom. The van der Waals surface area contributed by atoms with Crippen LogP contribution in [0.4, 0.5) is 0 Å². The van der Waals surface area contributed by atoms with E-state index in [0.717, 1.165) is 13.0 Å². The fraction of sp³-hybridized carbons (Fsp3) is 0.667. The van der Waals surface area contributed by atoms with Gasteiger partial charge in [0.15, 0.2) is 0 Å². The second-order valence-electron chi connectivity index (χ2n) is 5.33.